The molecule has 0 amide bonds. The first-order chi connectivity index (χ1) is 13.5. The highest BCUT2D eigenvalue weighted by Crippen LogP contribution is 2.27. The molecule has 0 bridgehead atoms. The minimum atomic E-state index is -3.35. The molecule has 0 aliphatic carbocycles. The topological polar surface area (TPSA) is 139 Å². The van der Waals surface area contributed by atoms with Gasteiger partial charge in [0.25, 0.3) is 6.01 Å². The van der Waals surface area contributed by atoms with Gasteiger partial charge in [0, 0.05) is 16.8 Å². The molecule has 0 aliphatic rings. The number of aromatic nitrogens is 5. The molecule has 0 saturated carbocycles. The molecule has 10 nitrogen and oxygen atoms in total. The summed E-state index contributed by atoms with van der Waals surface area (Å²) in [4.78, 5) is 4.21. The van der Waals surface area contributed by atoms with Crippen molar-refractivity contribution in [3.63, 3.8) is 0 Å². The number of oxazole rings is 1. The van der Waals surface area contributed by atoms with Crippen LogP contribution in [0.3, 0.4) is 0 Å². The molecule has 4 aromatic rings. The lowest BCUT2D eigenvalue weighted by molar-refractivity contribution is 0.592. The highest BCUT2D eigenvalue weighted by Gasteiger charge is 2.09. The van der Waals surface area contributed by atoms with Gasteiger partial charge in [-0.1, -0.05) is 30.3 Å². The molecule has 0 fully saturated rings. The van der Waals surface area contributed by atoms with Crippen LogP contribution in [0.5, 0.6) is 0 Å². The lowest BCUT2D eigenvalue weighted by atomic mass is 10.1. The molecule has 2 aromatic heterocycles. The van der Waals surface area contributed by atoms with Gasteiger partial charge in [0.1, 0.15) is 0 Å². The van der Waals surface area contributed by atoms with E-state index < -0.39 is 10.0 Å². The van der Waals surface area contributed by atoms with Crippen molar-refractivity contribution in [2.24, 2.45) is 0 Å². The first kappa shape index (κ1) is 17.7. The van der Waals surface area contributed by atoms with E-state index in [4.69, 9.17) is 4.42 Å². The molecule has 0 atom stereocenters. The second-order valence-corrected chi connectivity index (χ2v) is 7.69. The summed E-state index contributed by atoms with van der Waals surface area (Å²) in [7, 11) is -3.35. The number of anilines is 3. The van der Waals surface area contributed by atoms with E-state index in [1.165, 1.54) is 0 Å². The molecule has 2 heterocycles. The third kappa shape index (κ3) is 4.15. The third-order valence-electron chi connectivity index (χ3n) is 3.71. The van der Waals surface area contributed by atoms with Crippen LogP contribution in [0.2, 0.25) is 0 Å². The summed E-state index contributed by atoms with van der Waals surface area (Å²) in [5.41, 5.74) is 2.76. The lowest BCUT2D eigenvalue weighted by Crippen LogP contribution is -2.09. The predicted molar refractivity (Wildman–Crippen MR) is 103 cm³/mol. The second-order valence-electron chi connectivity index (χ2n) is 5.94. The Hall–Kier alpha value is -3.73. The third-order valence-corrected chi connectivity index (χ3v) is 4.32. The maximum Gasteiger partial charge on any atom is 0.299 e. The molecular formula is C17H15N7O3S. The molecule has 0 spiro atoms. The quantitative estimate of drug-likeness (QED) is 0.451. The Balaban J connectivity index is 1.50. The number of nitrogens with one attached hydrogen (secondary N) is 3. The summed E-state index contributed by atoms with van der Waals surface area (Å²) in [5, 5.41) is 16.7. The maximum absolute atomic E-state index is 11.4. The van der Waals surface area contributed by atoms with Crippen molar-refractivity contribution in [2.45, 2.75) is 0 Å². The fourth-order valence-corrected chi connectivity index (χ4v) is 3.09. The van der Waals surface area contributed by atoms with Crippen molar-refractivity contribution in [3.8, 4) is 22.7 Å². The normalized spacial score (nSPS) is 11.3. The first-order valence-corrected chi connectivity index (χ1v) is 10.0. The number of nitrogens with zero attached hydrogens (tertiary/aromatic N) is 4. The fraction of sp³-hybridized carbons (Fsp3) is 0.0588. The van der Waals surface area contributed by atoms with Crippen molar-refractivity contribution in [2.75, 3.05) is 16.3 Å². The highest BCUT2D eigenvalue weighted by atomic mass is 32.2. The average Bonchev–Trinajstić information content (AvgIpc) is 3.33. The second kappa shape index (κ2) is 7.12. The van der Waals surface area contributed by atoms with Crippen molar-refractivity contribution in [3.05, 3.63) is 54.7 Å². The zero-order valence-corrected chi connectivity index (χ0v) is 15.4. The first-order valence-electron chi connectivity index (χ1n) is 8.11. The number of benzene rings is 2. The van der Waals surface area contributed by atoms with Gasteiger partial charge in [-0.25, -0.2) is 18.5 Å². The van der Waals surface area contributed by atoms with E-state index in [-0.39, 0.29) is 6.01 Å². The minimum Gasteiger partial charge on any atom is -0.423 e. The van der Waals surface area contributed by atoms with E-state index in [9.17, 15) is 8.42 Å². The van der Waals surface area contributed by atoms with Crippen LogP contribution in [0, 0.1) is 0 Å². The Kier molecular flexibility index (Phi) is 4.49. The average molecular weight is 397 g/mol. The van der Waals surface area contributed by atoms with E-state index >= 15 is 0 Å². The number of rotatable bonds is 6. The van der Waals surface area contributed by atoms with Gasteiger partial charge in [-0.15, -0.1) is 5.10 Å². The Labute approximate surface area is 160 Å². The minimum absolute atomic E-state index is 0.287. The number of aromatic amines is 1. The van der Waals surface area contributed by atoms with E-state index in [0.29, 0.717) is 23.0 Å². The molecule has 3 N–H and O–H groups in total. The molecule has 0 unspecified atom stereocenters. The molecule has 0 aliphatic heterocycles. The van der Waals surface area contributed by atoms with Crippen molar-refractivity contribution in [1.29, 1.82) is 0 Å². The summed E-state index contributed by atoms with van der Waals surface area (Å²) < 4.78 is 30.9. The monoisotopic (exact) mass is 397 g/mol. The lowest BCUT2D eigenvalue weighted by Gasteiger charge is -2.06. The van der Waals surface area contributed by atoms with Crippen LogP contribution in [0.15, 0.2) is 59.1 Å². The number of hydrogen-bond acceptors (Lipinski definition) is 8. The van der Waals surface area contributed by atoms with E-state index in [1.54, 1.807) is 30.5 Å². The predicted octanol–water partition coefficient (Wildman–Crippen LogP) is 2.64. The van der Waals surface area contributed by atoms with Gasteiger partial charge >= 0.3 is 0 Å². The van der Waals surface area contributed by atoms with Gasteiger partial charge in [0.05, 0.1) is 18.1 Å². The van der Waals surface area contributed by atoms with Gasteiger partial charge in [0.2, 0.25) is 10.0 Å². The molecule has 0 radical (unpaired) electrons. The Bertz CT molecular complexity index is 1190. The zero-order chi connectivity index (χ0) is 19.6. The van der Waals surface area contributed by atoms with Gasteiger partial charge in [0.15, 0.2) is 11.6 Å². The van der Waals surface area contributed by atoms with E-state index in [2.05, 4.69) is 35.6 Å². The highest BCUT2D eigenvalue weighted by molar-refractivity contribution is 7.92. The number of tetrazole rings is 1. The molecule has 4 rings (SSSR count). The molecular weight excluding hydrogens is 382 g/mol. The SMILES string of the molecule is CS(=O)(=O)Nc1cccc(Nc2ncc(-c3ccc(-c4nnn[nH]4)cc3)o2)c1. The summed E-state index contributed by atoms with van der Waals surface area (Å²) in [6.45, 7) is 0. The Morgan fingerprint density at radius 2 is 1.79 bits per heavy atom. The molecule has 11 heteroatoms. The number of H-pyrrole nitrogens is 1. The van der Waals surface area contributed by atoms with Crippen molar-refractivity contribution >= 4 is 27.4 Å². The standard InChI is InChI=1S/C17H15N7O3S/c1-28(25,26)22-14-4-2-3-13(9-14)19-17-18-10-15(27-17)11-5-7-12(8-6-11)16-20-23-24-21-16/h2-10,22H,1H3,(H,18,19)(H,20,21,23,24). The number of hydrogen-bond donors (Lipinski definition) is 3. The largest absolute Gasteiger partial charge is 0.423 e. The summed E-state index contributed by atoms with van der Waals surface area (Å²) in [6.07, 6.45) is 2.70. The summed E-state index contributed by atoms with van der Waals surface area (Å²) in [5.74, 6) is 1.16. The van der Waals surface area contributed by atoms with Crippen molar-refractivity contribution in [1.82, 2.24) is 25.6 Å². The van der Waals surface area contributed by atoms with Crippen LogP contribution >= 0.6 is 0 Å². The fourth-order valence-electron chi connectivity index (χ4n) is 2.54. The smallest absolute Gasteiger partial charge is 0.299 e. The van der Waals surface area contributed by atoms with Gasteiger partial charge in [-0.3, -0.25) is 4.72 Å². The Morgan fingerprint density at radius 3 is 2.50 bits per heavy atom. The molecule has 28 heavy (non-hydrogen) atoms. The van der Waals surface area contributed by atoms with Gasteiger partial charge in [-0.2, -0.15) is 0 Å². The van der Waals surface area contributed by atoms with E-state index in [0.717, 1.165) is 17.4 Å². The van der Waals surface area contributed by atoms with Gasteiger partial charge < -0.3 is 9.73 Å². The summed E-state index contributed by atoms with van der Waals surface area (Å²) >= 11 is 0. The van der Waals surface area contributed by atoms with Crippen LogP contribution in [-0.2, 0) is 10.0 Å². The Morgan fingerprint density at radius 1 is 1.04 bits per heavy atom. The van der Waals surface area contributed by atoms with Crippen molar-refractivity contribution < 1.29 is 12.8 Å². The van der Waals surface area contributed by atoms with Crippen LogP contribution in [0.1, 0.15) is 0 Å². The van der Waals surface area contributed by atoms with E-state index in [1.807, 2.05) is 24.3 Å². The van der Waals surface area contributed by atoms with Crippen LogP contribution in [0.4, 0.5) is 17.4 Å². The summed E-state index contributed by atoms with van der Waals surface area (Å²) in [6, 6.07) is 14.6. The zero-order valence-electron chi connectivity index (χ0n) is 14.6. The maximum atomic E-state index is 11.4. The van der Waals surface area contributed by atoms with Gasteiger partial charge in [-0.05, 0) is 28.6 Å². The van der Waals surface area contributed by atoms with Crippen LogP contribution in [-0.4, -0.2) is 40.3 Å². The molecule has 142 valence electrons. The van der Waals surface area contributed by atoms with Crippen LogP contribution in [0.25, 0.3) is 22.7 Å². The molecule has 2 aromatic carbocycles. The molecule has 0 saturated heterocycles. The van der Waals surface area contributed by atoms with Crippen LogP contribution < -0.4 is 10.0 Å². The number of sulfonamides is 1.